The number of nitrogens with zero attached hydrogens (tertiary/aromatic N) is 3. The first-order valence-electron chi connectivity index (χ1n) is 9.86. The van der Waals surface area contributed by atoms with Crippen LogP contribution in [-0.2, 0) is 16.4 Å². The Morgan fingerprint density at radius 1 is 1.26 bits per heavy atom. The van der Waals surface area contributed by atoms with E-state index in [1.165, 1.54) is 0 Å². The Hall–Kier alpha value is -2.56. The van der Waals surface area contributed by atoms with Crippen molar-refractivity contribution in [2.75, 3.05) is 11.5 Å². The van der Waals surface area contributed by atoms with Crippen LogP contribution in [0.25, 0.3) is 21.6 Å². The van der Waals surface area contributed by atoms with Crippen LogP contribution in [0.4, 0.5) is 0 Å². The summed E-state index contributed by atoms with van der Waals surface area (Å²) in [6.07, 6.45) is 0.503. The summed E-state index contributed by atoms with van der Waals surface area (Å²) in [5.41, 5.74) is 2.43. The molecule has 1 saturated heterocycles. The van der Waals surface area contributed by atoms with E-state index >= 15 is 0 Å². The Balaban J connectivity index is 1.62. The molecule has 5 heterocycles. The summed E-state index contributed by atoms with van der Waals surface area (Å²) in [5, 5.41) is 12.2. The zero-order valence-electron chi connectivity index (χ0n) is 16.7. The number of hydrogen-bond donors (Lipinski definition) is 1. The summed E-state index contributed by atoms with van der Waals surface area (Å²) < 4.78 is 25.8. The molecule has 0 radical (unpaired) electrons. The molecule has 1 amide bonds. The maximum atomic E-state index is 13.2. The zero-order chi connectivity index (χ0) is 21.6. The van der Waals surface area contributed by atoms with Crippen molar-refractivity contribution < 1.29 is 13.2 Å². The van der Waals surface area contributed by atoms with Gasteiger partial charge in [-0.2, -0.15) is 5.10 Å². The molecule has 4 aromatic heterocycles. The lowest BCUT2D eigenvalue weighted by atomic mass is 10.1. The molecule has 160 valence electrons. The lowest BCUT2D eigenvalue weighted by Gasteiger charge is -2.12. The molecule has 5 rings (SSSR count). The van der Waals surface area contributed by atoms with E-state index in [4.69, 9.17) is 4.98 Å². The molecule has 0 spiro atoms. The first-order valence-corrected chi connectivity index (χ1v) is 13.4. The third-order valence-corrected chi connectivity index (χ3v) is 8.93. The average molecular weight is 473 g/mol. The van der Waals surface area contributed by atoms with Crippen LogP contribution in [0.3, 0.4) is 0 Å². The van der Waals surface area contributed by atoms with E-state index in [0.29, 0.717) is 41.0 Å². The SMILES string of the molecule is Cc1nn([C@@H]2CCS(=O)(=O)C2)c2nc(-c3cccs3)cc(C(=O)NCc3cccs3)c12. The van der Waals surface area contributed by atoms with Gasteiger partial charge < -0.3 is 5.32 Å². The first kappa shape index (κ1) is 20.3. The highest BCUT2D eigenvalue weighted by Gasteiger charge is 2.32. The second-order valence-corrected chi connectivity index (χ2v) is 11.8. The third kappa shape index (κ3) is 3.90. The molecule has 0 bridgehead atoms. The Bertz CT molecular complexity index is 1360. The second-order valence-electron chi connectivity index (χ2n) is 7.58. The minimum atomic E-state index is -3.08. The number of rotatable bonds is 5. The normalized spacial score (nSPS) is 17.9. The van der Waals surface area contributed by atoms with Crippen LogP contribution in [0.15, 0.2) is 41.1 Å². The summed E-state index contributed by atoms with van der Waals surface area (Å²) in [4.78, 5) is 20.0. The topological polar surface area (TPSA) is 93.9 Å². The smallest absolute Gasteiger partial charge is 0.252 e. The Morgan fingerprint density at radius 2 is 2.06 bits per heavy atom. The van der Waals surface area contributed by atoms with Crippen molar-refractivity contribution in [1.29, 1.82) is 0 Å². The molecule has 0 saturated carbocycles. The van der Waals surface area contributed by atoms with E-state index in [2.05, 4.69) is 10.4 Å². The van der Waals surface area contributed by atoms with Gasteiger partial charge in [0.2, 0.25) is 0 Å². The summed E-state index contributed by atoms with van der Waals surface area (Å²) in [6.45, 7) is 2.29. The molecule has 1 N–H and O–H groups in total. The number of thiophene rings is 2. The standard InChI is InChI=1S/C21H20N4O3S3/c1-13-19-16(21(26)22-11-15-4-2-7-29-15)10-17(18-5-3-8-30-18)23-20(19)25(24-13)14-6-9-31(27,28)12-14/h2-5,7-8,10,14H,6,9,11-12H2,1H3,(H,22,26)/t14-/m1/s1. The second kappa shape index (κ2) is 7.85. The third-order valence-electron chi connectivity index (χ3n) is 5.41. The quantitative estimate of drug-likeness (QED) is 0.477. The van der Waals surface area contributed by atoms with Crippen LogP contribution in [0, 0.1) is 6.92 Å². The molecule has 10 heteroatoms. The van der Waals surface area contributed by atoms with Crippen molar-refractivity contribution in [3.8, 4) is 10.6 Å². The highest BCUT2D eigenvalue weighted by atomic mass is 32.2. The van der Waals surface area contributed by atoms with E-state index in [1.54, 1.807) is 27.4 Å². The fraction of sp³-hybridized carbons (Fsp3) is 0.286. The number of carbonyl (C=O) groups excluding carboxylic acids is 1. The molecular weight excluding hydrogens is 452 g/mol. The molecular formula is C21H20N4O3S3. The molecule has 4 aromatic rings. The Kier molecular flexibility index (Phi) is 5.15. The molecule has 7 nitrogen and oxygen atoms in total. The van der Waals surface area contributed by atoms with Crippen molar-refractivity contribution in [1.82, 2.24) is 20.1 Å². The van der Waals surface area contributed by atoms with Crippen LogP contribution >= 0.6 is 22.7 Å². The number of aromatic nitrogens is 3. The predicted octanol–water partition coefficient (Wildman–Crippen LogP) is 3.82. The lowest BCUT2D eigenvalue weighted by Crippen LogP contribution is -2.23. The number of amides is 1. The van der Waals surface area contributed by atoms with Crippen LogP contribution in [0.1, 0.15) is 33.4 Å². The number of fused-ring (bicyclic) bond motifs is 1. The van der Waals surface area contributed by atoms with Gasteiger partial charge in [0.1, 0.15) is 0 Å². The van der Waals surface area contributed by atoms with Gasteiger partial charge in [-0.15, -0.1) is 22.7 Å². The van der Waals surface area contributed by atoms with Crippen molar-refractivity contribution >= 4 is 49.5 Å². The first-order chi connectivity index (χ1) is 14.9. The number of pyridine rings is 1. The van der Waals surface area contributed by atoms with E-state index < -0.39 is 9.84 Å². The van der Waals surface area contributed by atoms with Gasteiger partial charge in [-0.1, -0.05) is 12.1 Å². The van der Waals surface area contributed by atoms with E-state index in [1.807, 2.05) is 48.0 Å². The number of hydrogen-bond acceptors (Lipinski definition) is 7. The number of aryl methyl sites for hydroxylation is 1. The zero-order valence-corrected chi connectivity index (χ0v) is 19.2. The predicted molar refractivity (Wildman–Crippen MR) is 123 cm³/mol. The van der Waals surface area contributed by atoms with Gasteiger partial charge in [0.15, 0.2) is 15.5 Å². The Morgan fingerprint density at radius 3 is 2.74 bits per heavy atom. The lowest BCUT2D eigenvalue weighted by molar-refractivity contribution is 0.0953. The minimum Gasteiger partial charge on any atom is -0.347 e. The molecule has 1 aliphatic heterocycles. The average Bonchev–Trinajstić information content (AvgIpc) is 3.53. The molecule has 1 fully saturated rings. The maximum Gasteiger partial charge on any atom is 0.252 e. The van der Waals surface area contributed by atoms with Gasteiger partial charge in [-0.05, 0) is 42.3 Å². The molecule has 31 heavy (non-hydrogen) atoms. The molecule has 0 unspecified atom stereocenters. The Labute approximate surface area is 187 Å². The van der Waals surface area contributed by atoms with Gasteiger partial charge in [0.25, 0.3) is 5.91 Å². The number of sulfone groups is 1. The molecule has 0 aliphatic carbocycles. The fourth-order valence-corrected chi connectivity index (χ4v) is 6.96. The van der Waals surface area contributed by atoms with Crippen LogP contribution in [0.2, 0.25) is 0 Å². The van der Waals surface area contributed by atoms with Crippen molar-refractivity contribution in [3.63, 3.8) is 0 Å². The summed E-state index contributed by atoms with van der Waals surface area (Å²) in [5.74, 6) is 0.00512. The highest BCUT2D eigenvalue weighted by Crippen LogP contribution is 2.33. The molecule has 0 aromatic carbocycles. The van der Waals surface area contributed by atoms with E-state index in [0.717, 1.165) is 9.75 Å². The van der Waals surface area contributed by atoms with Crippen LogP contribution in [-0.4, -0.2) is 40.6 Å². The number of carbonyl (C=O) groups is 1. The molecule has 1 atom stereocenters. The van der Waals surface area contributed by atoms with Gasteiger partial charge in [0.05, 0.1) is 51.3 Å². The van der Waals surface area contributed by atoms with Gasteiger partial charge in [-0.25, -0.2) is 18.1 Å². The monoisotopic (exact) mass is 472 g/mol. The van der Waals surface area contributed by atoms with E-state index in [9.17, 15) is 13.2 Å². The van der Waals surface area contributed by atoms with Crippen LogP contribution in [0.5, 0.6) is 0 Å². The minimum absolute atomic E-state index is 0.0496. The van der Waals surface area contributed by atoms with Gasteiger partial charge in [-0.3, -0.25) is 4.79 Å². The number of nitrogens with one attached hydrogen (secondary N) is 1. The van der Waals surface area contributed by atoms with Crippen LogP contribution < -0.4 is 5.32 Å². The fourth-order valence-electron chi connectivity index (χ4n) is 3.94. The molecule has 1 aliphatic rings. The van der Waals surface area contributed by atoms with Gasteiger partial charge in [0, 0.05) is 4.88 Å². The van der Waals surface area contributed by atoms with Crippen molar-refractivity contribution in [3.05, 3.63) is 57.2 Å². The highest BCUT2D eigenvalue weighted by molar-refractivity contribution is 7.91. The van der Waals surface area contributed by atoms with Crippen molar-refractivity contribution in [2.45, 2.75) is 25.9 Å². The summed E-state index contributed by atoms with van der Waals surface area (Å²) in [7, 11) is -3.08. The van der Waals surface area contributed by atoms with Gasteiger partial charge >= 0.3 is 0 Å². The maximum absolute atomic E-state index is 13.2. The summed E-state index contributed by atoms with van der Waals surface area (Å²) >= 11 is 3.13. The summed E-state index contributed by atoms with van der Waals surface area (Å²) in [6, 6.07) is 9.37. The van der Waals surface area contributed by atoms with Crippen molar-refractivity contribution in [2.24, 2.45) is 0 Å². The largest absolute Gasteiger partial charge is 0.347 e. The van der Waals surface area contributed by atoms with E-state index in [-0.39, 0.29) is 23.5 Å².